The summed E-state index contributed by atoms with van der Waals surface area (Å²) in [4.78, 5) is 11.5. The highest BCUT2D eigenvalue weighted by atomic mass is 35.5. The van der Waals surface area contributed by atoms with Crippen molar-refractivity contribution in [3.63, 3.8) is 0 Å². The number of benzene rings is 1. The first-order valence-electron chi connectivity index (χ1n) is 6.44. The monoisotopic (exact) mass is 268 g/mol. The zero-order valence-corrected chi connectivity index (χ0v) is 11.6. The molecule has 0 saturated carbocycles. The Balaban J connectivity index is 2.10. The van der Waals surface area contributed by atoms with Crippen LogP contribution in [0.15, 0.2) is 24.3 Å². The lowest BCUT2D eigenvalue weighted by Gasteiger charge is -2.06. The van der Waals surface area contributed by atoms with E-state index in [1.54, 1.807) is 0 Å². The predicted molar refractivity (Wildman–Crippen MR) is 75.9 cm³/mol. The third-order valence-corrected chi connectivity index (χ3v) is 2.86. The van der Waals surface area contributed by atoms with Gasteiger partial charge in [0, 0.05) is 24.5 Å². The molecule has 0 bridgehead atoms. The molecule has 0 fully saturated rings. The van der Waals surface area contributed by atoms with Crippen molar-refractivity contribution < 1.29 is 4.79 Å². The Morgan fingerprint density at radius 2 is 1.89 bits per heavy atom. The summed E-state index contributed by atoms with van der Waals surface area (Å²) in [7, 11) is 0. The van der Waals surface area contributed by atoms with E-state index in [-0.39, 0.29) is 5.91 Å². The molecule has 0 atom stereocenters. The van der Waals surface area contributed by atoms with Crippen molar-refractivity contribution in [2.24, 2.45) is 0 Å². The summed E-state index contributed by atoms with van der Waals surface area (Å²) in [6.45, 7) is 4.51. The Kier molecular flexibility index (Phi) is 7.46. The van der Waals surface area contributed by atoms with Crippen LogP contribution in [0.25, 0.3) is 0 Å². The minimum atomic E-state index is 0.104. The van der Waals surface area contributed by atoms with Crippen LogP contribution in [0.3, 0.4) is 0 Å². The lowest BCUT2D eigenvalue weighted by Crippen LogP contribution is -2.29. The minimum Gasteiger partial charge on any atom is -0.356 e. The molecule has 100 valence electrons. The number of hydrogen-bond donors (Lipinski definition) is 2. The largest absolute Gasteiger partial charge is 0.356 e. The first-order chi connectivity index (χ1) is 8.72. The zero-order chi connectivity index (χ0) is 13.2. The van der Waals surface area contributed by atoms with Crippen molar-refractivity contribution in [1.82, 2.24) is 10.6 Å². The van der Waals surface area contributed by atoms with E-state index in [2.05, 4.69) is 17.6 Å². The average molecular weight is 269 g/mol. The number of carbonyl (C=O) groups is 1. The third-order valence-electron chi connectivity index (χ3n) is 2.60. The molecule has 0 unspecified atom stereocenters. The number of amides is 1. The highest BCUT2D eigenvalue weighted by Gasteiger charge is 2.00. The van der Waals surface area contributed by atoms with Gasteiger partial charge >= 0.3 is 0 Å². The molecule has 0 aliphatic carbocycles. The summed E-state index contributed by atoms with van der Waals surface area (Å²) in [6, 6.07) is 7.70. The van der Waals surface area contributed by atoms with Crippen LogP contribution in [-0.4, -0.2) is 25.5 Å². The van der Waals surface area contributed by atoms with E-state index in [0.717, 1.165) is 31.0 Å². The molecular weight excluding hydrogens is 248 g/mol. The van der Waals surface area contributed by atoms with Crippen LogP contribution in [0, 0.1) is 0 Å². The number of hydrogen-bond acceptors (Lipinski definition) is 2. The standard InChI is InChI=1S/C14H21ClN2O/c1-2-9-16-10-8-14(18)17-11-7-12-3-5-13(15)6-4-12/h3-6,16H,2,7-11H2,1H3,(H,17,18). The van der Waals surface area contributed by atoms with Gasteiger partial charge in [0.25, 0.3) is 0 Å². The summed E-state index contributed by atoms with van der Waals surface area (Å²) in [5.74, 6) is 0.104. The van der Waals surface area contributed by atoms with Crippen molar-refractivity contribution in [1.29, 1.82) is 0 Å². The molecule has 3 nitrogen and oxygen atoms in total. The first-order valence-corrected chi connectivity index (χ1v) is 6.82. The Morgan fingerprint density at radius 1 is 1.17 bits per heavy atom. The summed E-state index contributed by atoms with van der Waals surface area (Å²) in [5, 5.41) is 6.86. The highest BCUT2D eigenvalue weighted by molar-refractivity contribution is 6.30. The van der Waals surface area contributed by atoms with Gasteiger partial charge in [-0.3, -0.25) is 4.79 Å². The Labute approximate surface area is 114 Å². The molecule has 2 N–H and O–H groups in total. The van der Waals surface area contributed by atoms with Gasteiger partial charge in [-0.05, 0) is 37.1 Å². The molecule has 1 aromatic rings. The Morgan fingerprint density at radius 3 is 2.56 bits per heavy atom. The number of halogens is 1. The lowest BCUT2D eigenvalue weighted by molar-refractivity contribution is -0.120. The van der Waals surface area contributed by atoms with Crippen molar-refractivity contribution in [3.8, 4) is 0 Å². The van der Waals surface area contributed by atoms with Gasteiger partial charge in [0.2, 0.25) is 5.91 Å². The van der Waals surface area contributed by atoms with Gasteiger partial charge in [0.1, 0.15) is 0 Å². The van der Waals surface area contributed by atoms with E-state index >= 15 is 0 Å². The first kappa shape index (κ1) is 15.0. The predicted octanol–water partition coefficient (Wildman–Crippen LogP) is 2.39. The highest BCUT2D eigenvalue weighted by Crippen LogP contribution is 2.09. The molecule has 0 radical (unpaired) electrons. The molecule has 0 aliphatic heterocycles. The fraction of sp³-hybridized carbons (Fsp3) is 0.500. The molecule has 0 spiro atoms. The summed E-state index contributed by atoms with van der Waals surface area (Å²) in [6.07, 6.45) is 2.48. The van der Waals surface area contributed by atoms with Crippen LogP contribution in [-0.2, 0) is 11.2 Å². The molecule has 18 heavy (non-hydrogen) atoms. The topological polar surface area (TPSA) is 41.1 Å². The van der Waals surface area contributed by atoms with Crippen LogP contribution >= 0.6 is 11.6 Å². The van der Waals surface area contributed by atoms with E-state index < -0.39 is 0 Å². The van der Waals surface area contributed by atoms with E-state index in [4.69, 9.17) is 11.6 Å². The van der Waals surface area contributed by atoms with Crippen molar-refractivity contribution >= 4 is 17.5 Å². The second-order valence-corrected chi connectivity index (χ2v) is 4.66. The third kappa shape index (κ3) is 6.62. The van der Waals surface area contributed by atoms with Crippen LogP contribution in [0.5, 0.6) is 0 Å². The minimum absolute atomic E-state index is 0.104. The van der Waals surface area contributed by atoms with Gasteiger partial charge in [-0.1, -0.05) is 30.7 Å². The maximum absolute atomic E-state index is 11.5. The SMILES string of the molecule is CCCNCCC(=O)NCCc1ccc(Cl)cc1. The smallest absolute Gasteiger partial charge is 0.221 e. The van der Waals surface area contributed by atoms with Crippen molar-refractivity contribution in [3.05, 3.63) is 34.9 Å². The Bertz CT molecular complexity index is 351. The van der Waals surface area contributed by atoms with Crippen molar-refractivity contribution in [2.45, 2.75) is 26.2 Å². The summed E-state index contributed by atoms with van der Waals surface area (Å²) >= 11 is 5.80. The van der Waals surface area contributed by atoms with E-state index in [1.165, 1.54) is 5.56 Å². The maximum atomic E-state index is 11.5. The van der Waals surface area contributed by atoms with E-state index in [1.807, 2.05) is 24.3 Å². The Hall–Kier alpha value is -1.06. The number of nitrogens with one attached hydrogen (secondary N) is 2. The summed E-state index contributed by atoms with van der Waals surface area (Å²) < 4.78 is 0. The fourth-order valence-electron chi connectivity index (χ4n) is 1.59. The molecule has 4 heteroatoms. The molecule has 0 aliphatic rings. The number of carbonyl (C=O) groups excluding carboxylic acids is 1. The molecule has 1 amide bonds. The molecular formula is C14H21ClN2O. The fourth-order valence-corrected chi connectivity index (χ4v) is 1.72. The quantitative estimate of drug-likeness (QED) is 0.711. The second kappa shape index (κ2) is 8.95. The van der Waals surface area contributed by atoms with E-state index in [0.29, 0.717) is 13.0 Å². The second-order valence-electron chi connectivity index (χ2n) is 4.23. The average Bonchev–Trinajstić information content (AvgIpc) is 2.37. The normalized spacial score (nSPS) is 10.3. The van der Waals surface area contributed by atoms with Crippen LogP contribution < -0.4 is 10.6 Å². The van der Waals surface area contributed by atoms with Gasteiger partial charge in [-0.25, -0.2) is 0 Å². The van der Waals surface area contributed by atoms with Gasteiger partial charge in [-0.15, -0.1) is 0 Å². The van der Waals surface area contributed by atoms with Crippen molar-refractivity contribution in [2.75, 3.05) is 19.6 Å². The van der Waals surface area contributed by atoms with Crippen LogP contribution in [0.2, 0.25) is 5.02 Å². The van der Waals surface area contributed by atoms with E-state index in [9.17, 15) is 4.79 Å². The van der Waals surface area contributed by atoms with Gasteiger partial charge < -0.3 is 10.6 Å². The van der Waals surface area contributed by atoms with Gasteiger partial charge in [-0.2, -0.15) is 0 Å². The molecule has 1 aromatic carbocycles. The zero-order valence-electron chi connectivity index (χ0n) is 10.8. The van der Waals surface area contributed by atoms with Crippen LogP contribution in [0.4, 0.5) is 0 Å². The molecule has 0 heterocycles. The number of rotatable bonds is 8. The molecule has 1 rings (SSSR count). The lowest BCUT2D eigenvalue weighted by atomic mass is 10.1. The molecule has 0 saturated heterocycles. The maximum Gasteiger partial charge on any atom is 0.221 e. The summed E-state index contributed by atoms with van der Waals surface area (Å²) in [5.41, 5.74) is 1.18. The van der Waals surface area contributed by atoms with Gasteiger partial charge in [0.05, 0.1) is 0 Å². The van der Waals surface area contributed by atoms with Crippen LogP contribution in [0.1, 0.15) is 25.3 Å². The van der Waals surface area contributed by atoms with Gasteiger partial charge in [0.15, 0.2) is 0 Å². The molecule has 0 aromatic heterocycles.